The van der Waals surface area contributed by atoms with Crippen molar-refractivity contribution in [3.63, 3.8) is 0 Å². The highest BCUT2D eigenvalue weighted by atomic mass is 35.5. The van der Waals surface area contributed by atoms with Gasteiger partial charge in [0.15, 0.2) is 11.3 Å². The van der Waals surface area contributed by atoms with Crippen molar-refractivity contribution < 1.29 is 13.2 Å². The van der Waals surface area contributed by atoms with Crippen LogP contribution in [0.25, 0.3) is 5.65 Å². The number of aryl methyl sites for hydroxylation is 2. The van der Waals surface area contributed by atoms with Crippen molar-refractivity contribution in [1.82, 2.24) is 14.6 Å². The number of rotatable bonds is 0. The number of imidazole rings is 1. The second-order valence-electron chi connectivity index (χ2n) is 3.43. The van der Waals surface area contributed by atoms with Crippen LogP contribution < -0.4 is 0 Å². The first-order chi connectivity index (χ1) is 7.30. The lowest BCUT2D eigenvalue weighted by molar-refractivity contribution is -0.141. The van der Waals surface area contributed by atoms with Crippen LogP contribution in [0.3, 0.4) is 0 Å². The molecule has 2 aromatic heterocycles. The molecule has 0 saturated heterocycles. The highest BCUT2D eigenvalue weighted by Crippen LogP contribution is 2.31. The maximum atomic E-state index is 12.6. The van der Waals surface area contributed by atoms with Crippen molar-refractivity contribution >= 4 is 17.2 Å². The Labute approximate surface area is 93.9 Å². The molecule has 0 amide bonds. The summed E-state index contributed by atoms with van der Waals surface area (Å²) >= 11 is 5.68. The van der Waals surface area contributed by atoms with E-state index in [2.05, 4.69) is 10.1 Å². The normalized spacial score (nSPS) is 12.4. The number of hydrogen-bond acceptors (Lipinski definition) is 2. The minimum absolute atomic E-state index is 0.0619. The van der Waals surface area contributed by atoms with Crippen LogP contribution >= 0.6 is 11.6 Å². The van der Waals surface area contributed by atoms with Gasteiger partial charge in [0.25, 0.3) is 0 Å². The maximum absolute atomic E-state index is 12.6. The number of alkyl halides is 3. The quantitative estimate of drug-likeness (QED) is 0.718. The van der Waals surface area contributed by atoms with Crippen molar-refractivity contribution in [2.45, 2.75) is 20.0 Å². The standard InChI is InChI=1S/C9H7ClF3N3/c1-4-3-6(10)15-16-5(2)7(9(11,12)13)14-8(4)16/h3H,1-2H3. The first-order valence-electron chi connectivity index (χ1n) is 4.40. The number of hydrogen-bond donors (Lipinski definition) is 0. The summed E-state index contributed by atoms with van der Waals surface area (Å²) in [5, 5.41) is 3.93. The van der Waals surface area contributed by atoms with Crippen molar-refractivity contribution in [2.24, 2.45) is 0 Å². The van der Waals surface area contributed by atoms with Crippen LogP contribution in [-0.2, 0) is 6.18 Å². The van der Waals surface area contributed by atoms with Gasteiger partial charge in [-0.2, -0.15) is 18.3 Å². The molecule has 7 heteroatoms. The summed E-state index contributed by atoms with van der Waals surface area (Å²) in [7, 11) is 0. The molecule has 0 bridgehead atoms. The highest BCUT2D eigenvalue weighted by molar-refractivity contribution is 6.29. The van der Waals surface area contributed by atoms with Crippen LogP contribution in [0.1, 0.15) is 17.0 Å². The van der Waals surface area contributed by atoms with E-state index in [-0.39, 0.29) is 16.5 Å². The second-order valence-corrected chi connectivity index (χ2v) is 3.82. The zero-order valence-electron chi connectivity index (χ0n) is 8.43. The van der Waals surface area contributed by atoms with E-state index in [1.807, 2.05) is 0 Å². The molecule has 0 N–H and O–H groups in total. The van der Waals surface area contributed by atoms with E-state index in [0.29, 0.717) is 5.56 Å². The molecule has 86 valence electrons. The van der Waals surface area contributed by atoms with E-state index in [1.165, 1.54) is 13.0 Å². The lowest BCUT2D eigenvalue weighted by Crippen LogP contribution is -2.08. The summed E-state index contributed by atoms with van der Waals surface area (Å²) in [5.41, 5.74) is -0.258. The molecular weight excluding hydrogens is 243 g/mol. The molecule has 2 heterocycles. The number of nitrogens with zero attached hydrogens (tertiary/aromatic N) is 3. The van der Waals surface area contributed by atoms with E-state index in [4.69, 9.17) is 11.6 Å². The van der Waals surface area contributed by atoms with Gasteiger partial charge in [0.1, 0.15) is 5.15 Å². The number of aromatic nitrogens is 3. The Morgan fingerprint density at radius 2 is 1.94 bits per heavy atom. The maximum Gasteiger partial charge on any atom is 0.435 e. The fraction of sp³-hybridized carbons (Fsp3) is 0.333. The van der Waals surface area contributed by atoms with Gasteiger partial charge in [-0.3, -0.25) is 0 Å². The van der Waals surface area contributed by atoms with Crippen molar-refractivity contribution in [3.8, 4) is 0 Å². The summed E-state index contributed by atoms with van der Waals surface area (Å²) < 4.78 is 38.9. The SMILES string of the molecule is Cc1cc(Cl)nn2c(C)c(C(F)(F)F)nc12. The first kappa shape index (κ1) is 11.2. The molecule has 0 unspecified atom stereocenters. The Bertz CT molecular complexity index is 559. The molecule has 3 nitrogen and oxygen atoms in total. The van der Waals surface area contributed by atoms with Crippen LogP contribution in [0.4, 0.5) is 13.2 Å². The first-order valence-corrected chi connectivity index (χ1v) is 4.78. The smallest absolute Gasteiger partial charge is 0.222 e. The van der Waals surface area contributed by atoms with Crippen LogP contribution in [-0.4, -0.2) is 14.6 Å². The van der Waals surface area contributed by atoms with Gasteiger partial charge in [-0.15, -0.1) is 0 Å². The molecule has 0 spiro atoms. The van der Waals surface area contributed by atoms with Gasteiger partial charge in [-0.25, -0.2) is 9.50 Å². The summed E-state index contributed by atoms with van der Waals surface area (Å²) in [4.78, 5) is 3.54. The predicted octanol–water partition coefficient (Wildman–Crippen LogP) is 3.02. The summed E-state index contributed by atoms with van der Waals surface area (Å²) in [5.74, 6) is 0. The Hall–Kier alpha value is -1.30. The summed E-state index contributed by atoms with van der Waals surface area (Å²) in [6.45, 7) is 2.95. The molecule has 2 rings (SSSR count). The average Bonchev–Trinajstić information content (AvgIpc) is 2.43. The number of halogens is 4. The third-order valence-electron chi connectivity index (χ3n) is 2.23. The van der Waals surface area contributed by atoms with E-state index in [9.17, 15) is 13.2 Å². The Kier molecular flexibility index (Phi) is 2.34. The monoisotopic (exact) mass is 249 g/mol. The van der Waals surface area contributed by atoms with Gasteiger partial charge in [-0.05, 0) is 25.5 Å². The summed E-state index contributed by atoms with van der Waals surface area (Å²) in [6, 6.07) is 1.48. The second kappa shape index (κ2) is 3.35. The zero-order chi connectivity index (χ0) is 12.1. The molecule has 0 aliphatic heterocycles. The highest BCUT2D eigenvalue weighted by Gasteiger charge is 2.37. The van der Waals surface area contributed by atoms with Crippen LogP contribution in [0.2, 0.25) is 5.15 Å². The summed E-state index contributed by atoms with van der Waals surface area (Å²) in [6.07, 6.45) is -4.48. The number of fused-ring (bicyclic) bond motifs is 1. The van der Waals surface area contributed by atoms with Gasteiger partial charge < -0.3 is 0 Å². The van der Waals surface area contributed by atoms with E-state index < -0.39 is 11.9 Å². The fourth-order valence-electron chi connectivity index (χ4n) is 1.51. The fourth-order valence-corrected chi connectivity index (χ4v) is 1.75. The third kappa shape index (κ3) is 1.63. The van der Waals surface area contributed by atoms with Gasteiger partial charge in [0.05, 0.1) is 5.69 Å². The van der Waals surface area contributed by atoms with Gasteiger partial charge in [0.2, 0.25) is 0 Å². The van der Waals surface area contributed by atoms with Gasteiger partial charge >= 0.3 is 6.18 Å². The molecule has 16 heavy (non-hydrogen) atoms. The molecule has 0 saturated carbocycles. The van der Waals surface area contributed by atoms with Crippen molar-refractivity contribution in [2.75, 3.05) is 0 Å². The van der Waals surface area contributed by atoms with Gasteiger partial charge in [-0.1, -0.05) is 11.6 Å². The Morgan fingerprint density at radius 3 is 2.50 bits per heavy atom. The van der Waals surface area contributed by atoms with Crippen molar-refractivity contribution in [3.05, 3.63) is 28.2 Å². The largest absolute Gasteiger partial charge is 0.435 e. The molecule has 0 radical (unpaired) electrons. The topological polar surface area (TPSA) is 30.2 Å². The molecular formula is C9H7ClF3N3. The average molecular weight is 250 g/mol. The molecule has 0 aliphatic carbocycles. The zero-order valence-corrected chi connectivity index (χ0v) is 9.19. The minimum atomic E-state index is -4.48. The van der Waals surface area contributed by atoms with Gasteiger partial charge in [0, 0.05) is 0 Å². The Balaban J connectivity index is 2.83. The van der Waals surface area contributed by atoms with Crippen LogP contribution in [0.5, 0.6) is 0 Å². The Morgan fingerprint density at radius 1 is 1.31 bits per heavy atom. The van der Waals surface area contributed by atoms with E-state index >= 15 is 0 Å². The molecule has 0 fully saturated rings. The van der Waals surface area contributed by atoms with Crippen LogP contribution in [0.15, 0.2) is 6.07 Å². The minimum Gasteiger partial charge on any atom is -0.222 e. The lowest BCUT2D eigenvalue weighted by atomic mass is 10.3. The van der Waals surface area contributed by atoms with E-state index in [0.717, 1.165) is 4.52 Å². The van der Waals surface area contributed by atoms with Crippen LogP contribution in [0, 0.1) is 13.8 Å². The lowest BCUT2D eigenvalue weighted by Gasteiger charge is -2.02. The predicted molar refractivity (Wildman–Crippen MR) is 52.5 cm³/mol. The third-order valence-corrected chi connectivity index (χ3v) is 2.42. The molecule has 0 aliphatic rings. The molecule has 0 aromatic carbocycles. The van der Waals surface area contributed by atoms with Crippen molar-refractivity contribution in [1.29, 1.82) is 0 Å². The van der Waals surface area contributed by atoms with E-state index in [1.54, 1.807) is 6.92 Å². The molecule has 2 aromatic rings. The molecule has 0 atom stereocenters.